The highest BCUT2D eigenvalue weighted by molar-refractivity contribution is 5.96. The average molecular weight is 581 g/mol. The molecule has 1 saturated heterocycles. The highest BCUT2D eigenvalue weighted by Gasteiger charge is 2.38. The molecular weight excluding hydrogens is 554 g/mol. The van der Waals surface area contributed by atoms with Gasteiger partial charge >= 0.3 is 12.1 Å². The Bertz CT molecular complexity index is 1370. The monoisotopic (exact) mass is 580 g/mol. The number of carboxylic acids is 1. The maximum Gasteiger partial charge on any atom is 0.490 e. The van der Waals surface area contributed by atoms with Crippen molar-refractivity contribution in [1.29, 1.82) is 0 Å². The fraction of sp³-hybridized carbons (Fsp3) is 0.310. The van der Waals surface area contributed by atoms with E-state index in [1.54, 1.807) is 24.3 Å². The van der Waals surface area contributed by atoms with Crippen LogP contribution >= 0.6 is 0 Å². The molecule has 218 valence electrons. The SMILES string of the molecule is NCC1C=C2C=C(c3ccc(C(=O)N4CCC(F)(F)CC4)cc3)C=C(c3ccc(F)cc3)C2O1.O=C(O)C(F)(F)F. The zero-order chi connectivity index (χ0) is 29.9. The van der Waals surface area contributed by atoms with Crippen LogP contribution in [0.2, 0.25) is 0 Å². The van der Waals surface area contributed by atoms with E-state index in [0.29, 0.717) is 12.1 Å². The van der Waals surface area contributed by atoms with E-state index in [1.807, 2.05) is 30.4 Å². The Hall–Kier alpha value is -3.90. The van der Waals surface area contributed by atoms with Gasteiger partial charge in [-0.15, -0.1) is 0 Å². The number of hydrogen-bond acceptors (Lipinski definition) is 4. The van der Waals surface area contributed by atoms with Gasteiger partial charge in [-0.2, -0.15) is 13.2 Å². The van der Waals surface area contributed by atoms with Crippen molar-refractivity contribution >= 4 is 23.0 Å². The number of alkyl halides is 5. The Kier molecular flexibility index (Phi) is 8.74. The lowest BCUT2D eigenvalue weighted by Crippen LogP contribution is -2.42. The van der Waals surface area contributed by atoms with Gasteiger partial charge in [-0.05, 0) is 70.3 Å². The van der Waals surface area contributed by atoms with Gasteiger partial charge < -0.3 is 20.5 Å². The third-order valence-corrected chi connectivity index (χ3v) is 6.81. The molecule has 6 nitrogen and oxygen atoms in total. The third kappa shape index (κ3) is 7.25. The minimum absolute atomic E-state index is 0.0559. The number of carbonyl (C=O) groups is 2. The summed E-state index contributed by atoms with van der Waals surface area (Å²) in [5.74, 6) is -5.99. The van der Waals surface area contributed by atoms with Crippen LogP contribution in [0.15, 0.2) is 72.3 Å². The number of amides is 1. The number of halogens is 6. The molecule has 3 N–H and O–H groups in total. The molecule has 2 heterocycles. The molecule has 1 fully saturated rings. The first-order chi connectivity index (χ1) is 19.3. The van der Waals surface area contributed by atoms with Gasteiger partial charge in [0.25, 0.3) is 11.8 Å². The molecule has 0 bridgehead atoms. The Morgan fingerprint density at radius 3 is 2.07 bits per heavy atom. The number of carboxylic acid groups (broad SMARTS) is 1. The minimum Gasteiger partial charge on any atom is -0.475 e. The van der Waals surface area contributed by atoms with Gasteiger partial charge in [-0.1, -0.05) is 24.3 Å². The molecular formula is C29H26F6N2O4. The van der Waals surface area contributed by atoms with Gasteiger partial charge in [-0.3, -0.25) is 4.79 Å². The number of fused-ring (bicyclic) bond motifs is 1. The molecule has 0 radical (unpaired) electrons. The molecule has 1 aliphatic carbocycles. The van der Waals surface area contributed by atoms with E-state index >= 15 is 0 Å². The van der Waals surface area contributed by atoms with E-state index in [4.69, 9.17) is 20.4 Å². The number of allylic oxidation sites excluding steroid dienone is 2. The number of carbonyl (C=O) groups excluding carboxylic acids is 1. The zero-order valence-electron chi connectivity index (χ0n) is 21.5. The maximum absolute atomic E-state index is 13.5. The van der Waals surface area contributed by atoms with E-state index in [2.05, 4.69) is 0 Å². The number of piperidine rings is 1. The highest BCUT2D eigenvalue weighted by Crippen LogP contribution is 2.40. The van der Waals surface area contributed by atoms with Crippen LogP contribution in [0.1, 0.15) is 34.3 Å². The molecule has 0 spiro atoms. The van der Waals surface area contributed by atoms with Gasteiger partial charge in [0.15, 0.2) is 0 Å². The molecule has 0 aromatic heterocycles. The second-order valence-corrected chi connectivity index (χ2v) is 9.69. The van der Waals surface area contributed by atoms with E-state index in [0.717, 1.165) is 27.8 Å². The van der Waals surface area contributed by atoms with Crippen molar-refractivity contribution in [3.63, 3.8) is 0 Å². The molecule has 2 aliphatic heterocycles. The second-order valence-electron chi connectivity index (χ2n) is 9.69. The lowest BCUT2D eigenvalue weighted by atomic mass is 9.86. The number of nitrogens with two attached hydrogens (primary N) is 1. The van der Waals surface area contributed by atoms with E-state index in [-0.39, 0.29) is 49.9 Å². The molecule has 3 aliphatic rings. The standard InChI is InChI=1S/C27H25F3N2O2.C2HF3O2/c28-22-7-5-18(6-8-22)24-15-20(13-21-14-23(16-31)34-25(21)24)17-1-3-19(4-2-17)26(33)32-11-9-27(29,30)10-12-32;3-2(4,5)1(6)7/h1-8,13-15,23,25H,9-12,16,31H2;(H,6,7). The lowest BCUT2D eigenvalue weighted by molar-refractivity contribution is -0.192. The fourth-order valence-corrected chi connectivity index (χ4v) is 4.63. The smallest absolute Gasteiger partial charge is 0.475 e. The summed E-state index contributed by atoms with van der Waals surface area (Å²) in [7, 11) is 0. The summed E-state index contributed by atoms with van der Waals surface area (Å²) < 4.78 is 78.2. The van der Waals surface area contributed by atoms with E-state index in [9.17, 15) is 31.1 Å². The first kappa shape index (κ1) is 30.1. The summed E-state index contributed by atoms with van der Waals surface area (Å²) in [6.45, 7) is 0.472. The van der Waals surface area contributed by atoms with Crippen molar-refractivity contribution < 1.29 is 45.8 Å². The van der Waals surface area contributed by atoms with Crippen molar-refractivity contribution in [3.8, 4) is 0 Å². The largest absolute Gasteiger partial charge is 0.490 e. The number of rotatable bonds is 4. The summed E-state index contributed by atoms with van der Waals surface area (Å²) in [5, 5.41) is 7.12. The van der Waals surface area contributed by atoms with Crippen molar-refractivity contribution in [2.24, 2.45) is 5.73 Å². The normalized spacial score (nSPS) is 21.5. The lowest BCUT2D eigenvalue weighted by Gasteiger charge is -2.31. The molecule has 1 amide bonds. The number of hydrogen-bond donors (Lipinski definition) is 2. The van der Waals surface area contributed by atoms with Gasteiger partial charge in [-0.25, -0.2) is 18.0 Å². The van der Waals surface area contributed by atoms with Crippen LogP contribution in [0.4, 0.5) is 26.3 Å². The van der Waals surface area contributed by atoms with Crippen LogP contribution in [0.5, 0.6) is 0 Å². The van der Waals surface area contributed by atoms with E-state index in [1.165, 1.54) is 17.0 Å². The summed E-state index contributed by atoms with van der Waals surface area (Å²) in [4.78, 5) is 23.1. The van der Waals surface area contributed by atoms with Crippen LogP contribution in [0.25, 0.3) is 11.1 Å². The van der Waals surface area contributed by atoms with E-state index < -0.39 is 18.1 Å². The minimum atomic E-state index is -5.08. The molecule has 0 saturated carbocycles. The average Bonchev–Trinajstić information content (AvgIpc) is 3.36. The Morgan fingerprint density at radius 2 is 1.54 bits per heavy atom. The van der Waals surface area contributed by atoms with Crippen molar-refractivity contribution in [3.05, 3.63) is 94.8 Å². The summed E-state index contributed by atoms with van der Waals surface area (Å²) >= 11 is 0. The Labute approximate surface area is 231 Å². The summed E-state index contributed by atoms with van der Waals surface area (Å²) in [6, 6.07) is 13.5. The number of nitrogens with zero attached hydrogens (tertiary/aromatic N) is 1. The molecule has 5 rings (SSSR count). The Balaban J connectivity index is 0.000000493. The van der Waals surface area contributed by atoms with Crippen LogP contribution < -0.4 is 5.73 Å². The van der Waals surface area contributed by atoms with Crippen LogP contribution in [0, 0.1) is 5.82 Å². The van der Waals surface area contributed by atoms with Gasteiger partial charge in [0.05, 0.1) is 6.10 Å². The molecule has 41 heavy (non-hydrogen) atoms. The number of benzene rings is 2. The topological polar surface area (TPSA) is 92.9 Å². The summed E-state index contributed by atoms with van der Waals surface area (Å²) in [6.07, 6.45) is -0.108. The van der Waals surface area contributed by atoms with Gasteiger partial charge in [0.1, 0.15) is 11.9 Å². The predicted molar refractivity (Wildman–Crippen MR) is 138 cm³/mol. The molecule has 2 aromatic carbocycles. The van der Waals surface area contributed by atoms with Gasteiger partial charge in [0, 0.05) is 38.0 Å². The zero-order valence-corrected chi connectivity index (χ0v) is 21.5. The molecule has 2 aromatic rings. The molecule has 2 unspecified atom stereocenters. The first-order valence-electron chi connectivity index (χ1n) is 12.6. The van der Waals surface area contributed by atoms with Crippen LogP contribution in [0.3, 0.4) is 0 Å². The second kappa shape index (κ2) is 11.9. The highest BCUT2D eigenvalue weighted by atomic mass is 19.4. The quantitative estimate of drug-likeness (QED) is 0.469. The molecule has 12 heteroatoms. The summed E-state index contributed by atoms with van der Waals surface area (Å²) in [5.41, 5.74) is 10.9. The third-order valence-electron chi connectivity index (χ3n) is 6.81. The van der Waals surface area contributed by atoms with Crippen molar-refractivity contribution in [2.75, 3.05) is 19.6 Å². The van der Waals surface area contributed by atoms with Crippen molar-refractivity contribution in [1.82, 2.24) is 4.90 Å². The number of likely N-dealkylation sites (tertiary alicyclic amines) is 1. The Morgan fingerprint density at radius 1 is 0.976 bits per heavy atom. The fourth-order valence-electron chi connectivity index (χ4n) is 4.63. The first-order valence-corrected chi connectivity index (χ1v) is 12.6. The molecule has 2 atom stereocenters. The van der Waals surface area contributed by atoms with Crippen molar-refractivity contribution in [2.45, 2.75) is 37.1 Å². The van der Waals surface area contributed by atoms with Crippen LogP contribution in [-0.4, -0.2) is 65.8 Å². The van der Waals surface area contributed by atoms with Crippen LogP contribution in [-0.2, 0) is 9.53 Å². The van der Waals surface area contributed by atoms with Gasteiger partial charge in [0.2, 0.25) is 0 Å². The predicted octanol–water partition coefficient (Wildman–Crippen LogP) is 5.46. The number of ether oxygens (including phenoxy) is 1. The maximum atomic E-state index is 13.5. The number of aliphatic carboxylic acids is 1.